The number of nitrogens with zero attached hydrogens (tertiary/aromatic N) is 4. The van der Waals surface area contributed by atoms with Crippen molar-refractivity contribution < 1.29 is 33.8 Å². The van der Waals surface area contributed by atoms with Crippen LogP contribution in [0.15, 0.2) is 60.8 Å². The van der Waals surface area contributed by atoms with Crippen LogP contribution in [0.25, 0.3) is 0 Å². The van der Waals surface area contributed by atoms with Crippen LogP contribution in [0, 0.1) is 39.4 Å². The molecule has 62 heavy (non-hydrogen) atoms. The number of nitriles is 2. The quantitative estimate of drug-likeness (QED) is 0.0998. The molecule has 3 aromatic rings. The summed E-state index contributed by atoms with van der Waals surface area (Å²) < 4.78 is 12.0. The number of pyridine rings is 1. The van der Waals surface area contributed by atoms with Crippen molar-refractivity contribution in [1.29, 1.82) is 10.5 Å². The molecule has 1 aliphatic heterocycles. The summed E-state index contributed by atoms with van der Waals surface area (Å²) in [5.41, 5.74) is 2.00. The molecular weight excluding hydrogens is 812 g/mol. The van der Waals surface area contributed by atoms with Gasteiger partial charge in [0.25, 0.3) is 5.91 Å². The Hall–Kier alpha value is -5.74. The number of amides is 4. The second-order valence-corrected chi connectivity index (χ2v) is 17.9. The second kappa shape index (κ2) is 20.9. The Labute approximate surface area is 368 Å². The molecule has 0 spiro atoms. The molecule has 330 valence electrons. The Morgan fingerprint density at radius 3 is 2.34 bits per heavy atom. The first-order valence-electron chi connectivity index (χ1n) is 21.0. The zero-order valence-electron chi connectivity index (χ0n) is 36.2. The Balaban J connectivity index is 0.976. The van der Waals surface area contributed by atoms with E-state index < -0.39 is 35.9 Å². The lowest BCUT2D eigenvalue weighted by Crippen LogP contribution is -2.74. The minimum absolute atomic E-state index is 0.0296. The topological polar surface area (TPSA) is 219 Å². The Bertz CT molecular complexity index is 2130. The van der Waals surface area contributed by atoms with Gasteiger partial charge in [-0.1, -0.05) is 59.2 Å². The highest BCUT2D eigenvalue weighted by molar-refractivity contribution is 6.31. The van der Waals surface area contributed by atoms with Gasteiger partial charge < -0.3 is 40.7 Å². The zero-order valence-corrected chi connectivity index (χ0v) is 36.9. The number of β-amino-alcohol motifs (C(OH)–C–C–N with tert-alkyl or cyclic N) is 1. The summed E-state index contributed by atoms with van der Waals surface area (Å²) in [4.78, 5) is 58.2. The van der Waals surface area contributed by atoms with Crippen LogP contribution >= 0.6 is 11.6 Å². The fraction of sp³-hybridized carbons (Fsp3) is 0.500. The first-order valence-corrected chi connectivity index (χ1v) is 21.3. The maximum Gasteiger partial charge on any atom is 0.251 e. The van der Waals surface area contributed by atoms with Gasteiger partial charge in [-0.05, 0) is 73.2 Å². The first-order chi connectivity index (χ1) is 29.5. The zero-order chi connectivity index (χ0) is 45.2. The summed E-state index contributed by atoms with van der Waals surface area (Å²) in [6.07, 6.45) is 2.90. The second-order valence-electron chi connectivity index (χ2n) is 17.5. The molecule has 5 rings (SSSR count). The van der Waals surface area contributed by atoms with Crippen LogP contribution < -0.4 is 26.0 Å². The number of hydrogen-bond acceptors (Lipinski definition) is 11. The lowest BCUT2D eigenvalue weighted by Gasteiger charge is -2.63. The summed E-state index contributed by atoms with van der Waals surface area (Å²) in [6, 6.07) is 17.6. The van der Waals surface area contributed by atoms with Gasteiger partial charge in [0, 0.05) is 73.0 Å². The molecule has 0 radical (unpaired) electrons. The van der Waals surface area contributed by atoms with Crippen LogP contribution in [0.4, 0.5) is 5.69 Å². The van der Waals surface area contributed by atoms with Crippen LogP contribution in [-0.4, -0.2) is 95.3 Å². The van der Waals surface area contributed by atoms with E-state index in [0.717, 1.165) is 24.9 Å². The number of ether oxygens (including phenoxy) is 2. The summed E-state index contributed by atoms with van der Waals surface area (Å²) in [5.74, 6) is -1.22. The molecule has 0 unspecified atom stereocenters. The fourth-order valence-electron chi connectivity index (χ4n) is 8.57. The minimum Gasteiger partial charge on any atom is -0.489 e. The van der Waals surface area contributed by atoms with Gasteiger partial charge >= 0.3 is 0 Å². The predicted octanol–water partition coefficient (Wildman–Crippen LogP) is 5.11. The summed E-state index contributed by atoms with van der Waals surface area (Å²) >= 11 is 6.22. The molecule has 16 heteroatoms. The van der Waals surface area contributed by atoms with Gasteiger partial charge in [0.15, 0.2) is 0 Å². The highest BCUT2D eigenvalue weighted by atomic mass is 35.5. The Kier molecular flexibility index (Phi) is 15.9. The van der Waals surface area contributed by atoms with Crippen LogP contribution in [0.2, 0.25) is 5.02 Å². The van der Waals surface area contributed by atoms with E-state index in [2.05, 4.69) is 60.0 Å². The van der Waals surface area contributed by atoms with Crippen molar-refractivity contribution in [3.63, 3.8) is 0 Å². The number of carbonyl (C=O) groups is 4. The number of unbranched alkanes of at least 4 members (excludes halogenated alkanes) is 2. The van der Waals surface area contributed by atoms with E-state index in [1.54, 1.807) is 56.3 Å². The number of aliphatic hydroxyl groups excluding tert-OH is 1. The number of aliphatic hydroxyl groups is 1. The van der Waals surface area contributed by atoms with E-state index in [9.17, 15) is 29.5 Å². The van der Waals surface area contributed by atoms with Gasteiger partial charge in [-0.25, -0.2) is 4.98 Å². The number of benzene rings is 2. The van der Waals surface area contributed by atoms with Crippen LogP contribution in [-0.2, 0) is 25.7 Å². The molecule has 5 N–H and O–H groups in total. The largest absolute Gasteiger partial charge is 0.489 e. The number of likely N-dealkylation sites (tertiary alicyclic amines) is 1. The van der Waals surface area contributed by atoms with Crippen molar-refractivity contribution >= 4 is 40.9 Å². The summed E-state index contributed by atoms with van der Waals surface area (Å²) in [7, 11) is 0. The number of rotatable bonds is 19. The van der Waals surface area contributed by atoms with E-state index in [4.69, 9.17) is 26.3 Å². The average molecular weight is 869 g/mol. The normalized spacial score (nSPS) is 20.2. The van der Waals surface area contributed by atoms with Crippen molar-refractivity contribution in [2.45, 2.75) is 104 Å². The van der Waals surface area contributed by atoms with E-state index in [1.807, 2.05) is 18.2 Å². The molecule has 1 aromatic heterocycles. The third-order valence-corrected chi connectivity index (χ3v) is 11.9. The monoisotopic (exact) mass is 868 g/mol. The van der Waals surface area contributed by atoms with Crippen molar-refractivity contribution in [3.8, 4) is 17.9 Å². The molecular formula is C46H57ClN8O7. The maximum atomic E-state index is 13.6. The lowest BCUT2D eigenvalue weighted by atomic mass is 9.49. The Morgan fingerprint density at radius 2 is 1.71 bits per heavy atom. The van der Waals surface area contributed by atoms with E-state index in [0.29, 0.717) is 40.6 Å². The van der Waals surface area contributed by atoms with Gasteiger partial charge in [-0.2, -0.15) is 10.5 Å². The van der Waals surface area contributed by atoms with Crippen molar-refractivity contribution in [2.24, 2.45) is 16.7 Å². The van der Waals surface area contributed by atoms with Crippen molar-refractivity contribution in [3.05, 3.63) is 88.2 Å². The van der Waals surface area contributed by atoms with Crippen molar-refractivity contribution in [1.82, 2.24) is 25.8 Å². The number of hydrogen-bond donors (Lipinski definition) is 5. The SMILES string of the molecule is CC(C)[C@H](NC(=O)COCCCCCNc1ccc(C(=O)NC2C(C)(C)C(Oc3ccc(C#N)c(Cl)c3)C2(C)C)cc1)C(=O)N1C[C@H](O)C[C@H]1C(=O)NCc1ccc(C#N)nc1. The van der Waals surface area contributed by atoms with Crippen LogP contribution in [0.5, 0.6) is 5.75 Å². The number of halogens is 1. The predicted molar refractivity (Wildman–Crippen MR) is 233 cm³/mol. The van der Waals surface area contributed by atoms with Gasteiger partial charge in [-0.15, -0.1) is 0 Å². The minimum atomic E-state index is -0.915. The standard InChI is InChI=1S/C46H57ClN8O7/c1-28(2)39(42(60)55-26-34(56)20-37(55)41(59)52-25-29-10-14-33(23-49)51-24-29)53-38(57)27-61-19-9-7-8-18-50-32-15-11-30(12-16-32)40(58)54-43-45(3,4)44(46(43,5)6)62-35-17-13-31(22-48)36(47)21-35/h10-17,21,24,28,34,37,39,43-44,50,56H,7-9,18-20,25-27H2,1-6H3,(H,52,59)(H,53,57)(H,54,58)/t34-,37+,39+,43?,44?/m1/s1. The van der Waals surface area contributed by atoms with Crippen LogP contribution in [0.1, 0.15) is 94.4 Å². The third kappa shape index (κ3) is 11.6. The van der Waals surface area contributed by atoms with Crippen LogP contribution in [0.3, 0.4) is 0 Å². The molecule has 2 aromatic carbocycles. The van der Waals surface area contributed by atoms with E-state index in [-0.39, 0.29) is 66.6 Å². The molecule has 0 bridgehead atoms. The third-order valence-electron chi connectivity index (χ3n) is 11.6. The highest BCUT2D eigenvalue weighted by Gasteiger charge is 2.64. The van der Waals surface area contributed by atoms with E-state index >= 15 is 0 Å². The molecule has 1 saturated heterocycles. The molecule has 2 heterocycles. The smallest absolute Gasteiger partial charge is 0.251 e. The Morgan fingerprint density at radius 1 is 0.984 bits per heavy atom. The average Bonchev–Trinajstić information content (AvgIpc) is 3.65. The molecule has 2 fully saturated rings. The molecule has 15 nitrogen and oxygen atoms in total. The highest BCUT2D eigenvalue weighted by Crippen LogP contribution is 2.55. The van der Waals surface area contributed by atoms with E-state index in [1.165, 1.54) is 11.1 Å². The summed E-state index contributed by atoms with van der Waals surface area (Å²) in [5, 5.41) is 41.0. The van der Waals surface area contributed by atoms with Gasteiger partial charge in [0.1, 0.15) is 48.4 Å². The molecule has 1 aliphatic carbocycles. The van der Waals surface area contributed by atoms with Gasteiger partial charge in [-0.3, -0.25) is 19.2 Å². The molecule has 1 saturated carbocycles. The molecule has 4 amide bonds. The maximum absolute atomic E-state index is 13.6. The fourth-order valence-corrected chi connectivity index (χ4v) is 8.78. The lowest BCUT2D eigenvalue weighted by molar-refractivity contribution is -0.164. The van der Waals surface area contributed by atoms with Gasteiger partial charge in [0.05, 0.1) is 16.7 Å². The summed E-state index contributed by atoms with van der Waals surface area (Å²) in [6.45, 7) is 12.8. The van der Waals surface area contributed by atoms with Crippen molar-refractivity contribution in [2.75, 3.05) is 31.6 Å². The number of nitrogens with one attached hydrogen (secondary N) is 4. The molecule has 3 atom stereocenters. The van der Waals surface area contributed by atoms with Gasteiger partial charge in [0.2, 0.25) is 17.7 Å². The molecule has 2 aliphatic rings. The number of anilines is 1. The first kappa shape index (κ1) is 47.3. The number of carbonyl (C=O) groups excluding carboxylic acids is 4. The number of aromatic nitrogens is 1.